The highest BCUT2D eigenvalue weighted by Crippen LogP contribution is 2.11. The lowest BCUT2D eigenvalue weighted by atomic mass is 10.2. The minimum absolute atomic E-state index is 0.310. The highest BCUT2D eigenvalue weighted by Gasteiger charge is 2.14. The van der Waals surface area contributed by atoms with E-state index in [2.05, 4.69) is 51.8 Å². The molecule has 0 radical (unpaired) electrons. The quantitative estimate of drug-likeness (QED) is 0.358. The van der Waals surface area contributed by atoms with Crippen LogP contribution in [0.25, 0.3) is 0 Å². The molecule has 1 fully saturated rings. The molecule has 0 aliphatic carbocycles. The first kappa shape index (κ1) is 20.7. The first-order valence-corrected chi connectivity index (χ1v) is 9.64. The van der Waals surface area contributed by atoms with Gasteiger partial charge in [0, 0.05) is 46.4 Å². The van der Waals surface area contributed by atoms with Crippen molar-refractivity contribution < 1.29 is 9.47 Å². The predicted octanol–water partition coefficient (Wildman–Crippen LogP) is 1.87. The molecule has 1 atom stereocenters. The summed E-state index contributed by atoms with van der Waals surface area (Å²) in [7, 11) is 3.94. The molecule has 6 nitrogen and oxygen atoms in total. The lowest BCUT2D eigenvalue weighted by Crippen LogP contribution is -2.41. The molecule has 1 aromatic carbocycles. The van der Waals surface area contributed by atoms with Gasteiger partial charge in [-0.2, -0.15) is 0 Å². The topological polar surface area (TPSA) is 58.1 Å². The standard InChI is InChI=1S/C20H34N4O2/c1-21-20(22-11-7-14-25-17-19-10-6-15-26-19)23-12-13-24(2)16-18-8-4-3-5-9-18/h3-5,8-9,19H,6-7,10-17H2,1-2H3,(H2,21,22,23). The van der Waals surface area contributed by atoms with Gasteiger partial charge in [0.05, 0.1) is 12.7 Å². The van der Waals surface area contributed by atoms with Crippen LogP contribution in [0, 0.1) is 0 Å². The fourth-order valence-corrected chi connectivity index (χ4v) is 2.93. The molecule has 1 saturated heterocycles. The predicted molar refractivity (Wildman–Crippen MR) is 107 cm³/mol. The molecule has 2 N–H and O–H groups in total. The van der Waals surface area contributed by atoms with Crippen LogP contribution in [0.4, 0.5) is 0 Å². The first-order valence-electron chi connectivity index (χ1n) is 9.64. The summed E-state index contributed by atoms with van der Waals surface area (Å²) >= 11 is 0. The Morgan fingerprint density at radius 2 is 2.08 bits per heavy atom. The smallest absolute Gasteiger partial charge is 0.191 e. The zero-order valence-electron chi connectivity index (χ0n) is 16.2. The summed E-state index contributed by atoms with van der Waals surface area (Å²) in [4.78, 5) is 6.56. The van der Waals surface area contributed by atoms with Gasteiger partial charge in [-0.05, 0) is 31.9 Å². The van der Waals surface area contributed by atoms with Crippen LogP contribution in [0.2, 0.25) is 0 Å². The number of guanidine groups is 1. The summed E-state index contributed by atoms with van der Waals surface area (Å²) < 4.78 is 11.2. The molecule has 0 saturated carbocycles. The van der Waals surface area contributed by atoms with Crippen LogP contribution < -0.4 is 10.6 Å². The molecule has 2 rings (SSSR count). The van der Waals surface area contributed by atoms with Gasteiger partial charge in [0.15, 0.2) is 5.96 Å². The SMILES string of the molecule is CN=C(NCCCOCC1CCCO1)NCCN(C)Cc1ccccc1. The maximum atomic E-state index is 5.67. The Bertz CT molecular complexity index is 504. The third-order valence-corrected chi connectivity index (χ3v) is 4.39. The number of likely N-dealkylation sites (N-methyl/N-ethyl adjacent to an activating group) is 1. The second kappa shape index (κ2) is 12.7. The molecule has 1 unspecified atom stereocenters. The zero-order valence-corrected chi connectivity index (χ0v) is 16.2. The fraction of sp³-hybridized carbons (Fsp3) is 0.650. The summed E-state index contributed by atoms with van der Waals surface area (Å²) in [6, 6.07) is 10.5. The Labute approximate surface area is 158 Å². The van der Waals surface area contributed by atoms with E-state index in [1.165, 1.54) is 5.56 Å². The molecule has 1 aliphatic rings. The maximum absolute atomic E-state index is 5.67. The van der Waals surface area contributed by atoms with Gasteiger partial charge in [0.1, 0.15) is 0 Å². The molecule has 1 aliphatic heterocycles. The summed E-state index contributed by atoms with van der Waals surface area (Å²) in [5.41, 5.74) is 1.33. The van der Waals surface area contributed by atoms with Crippen LogP contribution in [0.3, 0.4) is 0 Å². The largest absolute Gasteiger partial charge is 0.379 e. The van der Waals surface area contributed by atoms with Crippen LogP contribution in [0.1, 0.15) is 24.8 Å². The summed E-state index contributed by atoms with van der Waals surface area (Å²) in [6.07, 6.45) is 3.57. The molecule has 0 aromatic heterocycles. The Morgan fingerprint density at radius 1 is 1.27 bits per heavy atom. The van der Waals surface area contributed by atoms with E-state index < -0.39 is 0 Å². The number of hydrogen-bond acceptors (Lipinski definition) is 4. The van der Waals surface area contributed by atoms with Gasteiger partial charge in [-0.25, -0.2) is 0 Å². The molecule has 0 amide bonds. The second-order valence-corrected chi connectivity index (χ2v) is 6.71. The van der Waals surface area contributed by atoms with E-state index >= 15 is 0 Å². The number of hydrogen-bond donors (Lipinski definition) is 2. The van der Waals surface area contributed by atoms with E-state index in [1.54, 1.807) is 7.05 Å². The van der Waals surface area contributed by atoms with E-state index in [9.17, 15) is 0 Å². The van der Waals surface area contributed by atoms with E-state index in [-0.39, 0.29) is 0 Å². The fourth-order valence-electron chi connectivity index (χ4n) is 2.93. The van der Waals surface area contributed by atoms with E-state index in [0.29, 0.717) is 6.10 Å². The van der Waals surface area contributed by atoms with Crippen LogP contribution >= 0.6 is 0 Å². The summed E-state index contributed by atoms with van der Waals surface area (Å²) in [6.45, 7) is 5.99. The van der Waals surface area contributed by atoms with Crippen LogP contribution in [-0.2, 0) is 16.0 Å². The highest BCUT2D eigenvalue weighted by atomic mass is 16.5. The number of ether oxygens (including phenoxy) is 2. The maximum Gasteiger partial charge on any atom is 0.191 e. The molecule has 1 heterocycles. The number of nitrogens with one attached hydrogen (secondary N) is 2. The number of nitrogens with zero attached hydrogens (tertiary/aromatic N) is 2. The molecule has 0 bridgehead atoms. The Morgan fingerprint density at radius 3 is 2.81 bits per heavy atom. The van der Waals surface area contributed by atoms with Crippen molar-refractivity contribution in [1.82, 2.24) is 15.5 Å². The van der Waals surface area contributed by atoms with Crippen molar-refractivity contribution >= 4 is 5.96 Å². The molecular weight excluding hydrogens is 328 g/mol. The van der Waals surface area contributed by atoms with Gasteiger partial charge < -0.3 is 25.0 Å². The summed E-state index contributed by atoms with van der Waals surface area (Å²) in [5, 5.41) is 6.69. The van der Waals surface area contributed by atoms with Crippen molar-refractivity contribution in [1.29, 1.82) is 0 Å². The third-order valence-electron chi connectivity index (χ3n) is 4.39. The summed E-state index contributed by atoms with van der Waals surface area (Å²) in [5.74, 6) is 0.845. The van der Waals surface area contributed by atoms with E-state index in [1.807, 2.05) is 6.07 Å². The highest BCUT2D eigenvalue weighted by molar-refractivity contribution is 5.79. The first-order chi connectivity index (χ1) is 12.8. The lowest BCUT2D eigenvalue weighted by Gasteiger charge is -2.18. The molecule has 0 spiro atoms. The van der Waals surface area contributed by atoms with Gasteiger partial charge in [0.25, 0.3) is 0 Å². The molecule has 26 heavy (non-hydrogen) atoms. The van der Waals surface area contributed by atoms with Crippen LogP contribution in [0.5, 0.6) is 0 Å². The van der Waals surface area contributed by atoms with Crippen molar-refractivity contribution in [3.8, 4) is 0 Å². The minimum Gasteiger partial charge on any atom is -0.379 e. The normalized spacial score (nSPS) is 17.7. The third kappa shape index (κ3) is 8.65. The molecule has 146 valence electrons. The minimum atomic E-state index is 0.310. The van der Waals surface area contributed by atoms with Gasteiger partial charge in [0.2, 0.25) is 0 Å². The number of rotatable bonds is 11. The zero-order chi connectivity index (χ0) is 18.5. The van der Waals surface area contributed by atoms with E-state index in [0.717, 1.165) is 71.2 Å². The average molecular weight is 363 g/mol. The average Bonchev–Trinajstić information content (AvgIpc) is 3.17. The van der Waals surface area contributed by atoms with Gasteiger partial charge in [-0.1, -0.05) is 30.3 Å². The Kier molecular flexibility index (Phi) is 10.1. The monoisotopic (exact) mass is 362 g/mol. The second-order valence-electron chi connectivity index (χ2n) is 6.71. The lowest BCUT2D eigenvalue weighted by molar-refractivity contribution is 0.0168. The van der Waals surface area contributed by atoms with Crippen LogP contribution in [0.15, 0.2) is 35.3 Å². The van der Waals surface area contributed by atoms with E-state index in [4.69, 9.17) is 9.47 Å². The van der Waals surface area contributed by atoms with Crippen molar-refractivity contribution in [2.45, 2.75) is 31.9 Å². The molecule has 1 aromatic rings. The van der Waals surface area contributed by atoms with Crippen molar-refractivity contribution in [2.75, 3.05) is 53.6 Å². The van der Waals surface area contributed by atoms with Crippen molar-refractivity contribution in [2.24, 2.45) is 4.99 Å². The van der Waals surface area contributed by atoms with Gasteiger partial charge >= 0.3 is 0 Å². The number of benzene rings is 1. The Balaban J connectivity index is 1.48. The van der Waals surface area contributed by atoms with Gasteiger partial charge in [-0.3, -0.25) is 4.99 Å². The van der Waals surface area contributed by atoms with Crippen LogP contribution in [-0.4, -0.2) is 70.5 Å². The van der Waals surface area contributed by atoms with Crippen molar-refractivity contribution in [3.05, 3.63) is 35.9 Å². The Hall–Kier alpha value is -1.63. The number of aliphatic imine (C=N–C) groups is 1. The van der Waals surface area contributed by atoms with Gasteiger partial charge in [-0.15, -0.1) is 0 Å². The molecule has 6 heteroatoms. The molecular formula is C20H34N4O2. The van der Waals surface area contributed by atoms with Crippen molar-refractivity contribution in [3.63, 3.8) is 0 Å².